The van der Waals surface area contributed by atoms with Gasteiger partial charge >= 0.3 is 0 Å². The molecule has 0 aromatic carbocycles. The Balaban J connectivity index is 1.86. The van der Waals surface area contributed by atoms with Crippen molar-refractivity contribution in [2.24, 2.45) is 5.92 Å². The van der Waals surface area contributed by atoms with E-state index in [-0.39, 0.29) is 5.54 Å². The number of hydrogen-bond acceptors (Lipinski definition) is 3. The van der Waals surface area contributed by atoms with Crippen molar-refractivity contribution in [2.75, 3.05) is 26.7 Å². The Labute approximate surface area is 125 Å². The molecule has 2 aliphatic rings. The second kappa shape index (κ2) is 7.77. The van der Waals surface area contributed by atoms with E-state index >= 15 is 0 Å². The van der Waals surface area contributed by atoms with Crippen LogP contribution in [-0.2, 0) is 0 Å². The maximum atomic E-state index is 9.78. The van der Waals surface area contributed by atoms with Crippen molar-refractivity contribution in [3.8, 4) is 0 Å². The molecule has 1 saturated heterocycles. The summed E-state index contributed by atoms with van der Waals surface area (Å²) < 4.78 is 0. The Bertz CT molecular complexity index is 276. The Morgan fingerprint density at radius 2 is 2.05 bits per heavy atom. The molecule has 1 saturated carbocycles. The monoisotopic (exact) mass is 282 g/mol. The van der Waals surface area contributed by atoms with Crippen LogP contribution in [0.1, 0.15) is 64.7 Å². The molecule has 2 fully saturated rings. The fraction of sp³-hybridized carbons (Fsp3) is 1.00. The molecular formula is C17H34N2O. The summed E-state index contributed by atoms with van der Waals surface area (Å²) in [6.07, 6.45) is 11.8. The molecule has 2 rings (SSSR count). The molecule has 1 aliphatic carbocycles. The van der Waals surface area contributed by atoms with Crippen LogP contribution in [0.25, 0.3) is 0 Å². The van der Waals surface area contributed by atoms with E-state index in [0.29, 0.717) is 12.5 Å². The summed E-state index contributed by atoms with van der Waals surface area (Å²) in [5, 5.41) is 13.2. The molecule has 0 aromatic heterocycles. The summed E-state index contributed by atoms with van der Waals surface area (Å²) >= 11 is 0. The highest BCUT2D eigenvalue weighted by Crippen LogP contribution is 2.38. The predicted octanol–water partition coefficient (Wildman–Crippen LogP) is 2.78. The molecule has 1 aliphatic heterocycles. The van der Waals surface area contributed by atoms with E-state index in [0.717, 1.165) is 12.5 Å². The molecule has 0 aromatic rings. The lowest BCUT2D eigenvalue weighted by atomic mass is 9.85. The molecular weight excluding hydrogens is 248 g/mol. The van der Waals surface area contributed by atoms with Crippen molar-refractivity contribution in [3.63, 3.8) is 0 Å². The van der Waals surface area contributed by atoms with Gasteiger partial charge in [-0.05, 0) is 64.6 Å². The van der Waals surface area contributed by atoms with Gasteiger partial charge in [-0.15, -0.1) is 0 Å². The van der Waals surface area contributed by atoms with Gasteiger partial charge in [-0.3, -0.25) is 0 Å². The number of rotatable bonds is 7. The normalized spacial score (nSPS) is 35.5. The van der Waals surface area contributed by atoms with Crippen LogP contribution in [0.4, 0.5) is 0 Å². The lowest BCUT2D eigenvalue weighted by molar-refractivity contribution is 0.0957. The van der Waals surface area contributed by atoms with Gasteiger partial charge in [0, 0.05) is 11.6 Å². The summed E-state index contributed by atoms with van der Waals surface area (Å²) in [5.74, 6) is 0.654. The zero-order valence-electron chi connectivity index (χ0n) is 13.5. The number of likely N-dealkylation sites (N-methyl/N-ethyl adjacent to an activating group) is 1. The van der Waals surface area contributed by atoms with Gasteiger partial charge in [0.1, 0.15) is 0 Å². The number of nitrogens with one attached hydrogen (secondary N) is 1. The molecule has 0 bridgehead atoms. The second-order valence-electron chi connectivity index (χ2n) is 6.92. The number of piperidine rings is 1. The Morgan fingerprint density at radius 3 is 2.75 bits per heavy atom. The molecule has 20 heavy (non-hydrogen) atoms. The second-order valence-corrected chi connectivity index (χ2v) is 6.92. The van der Waals surface area contributed by atoms with Crippen LogP contribution in [0.3, 0.4) is 0 Å². The van der Waals surface area contributed by atoms with Gasteiger partial charge in [-0.25, -0.2) is 0 Å². The first-order chi connectivity index (χ1) is 9.75. The van der Waals surface area contributed by atoms with Crippen molar-refractivity contribution in [1.29, 1.82) is 0 Å². The summed E-state index contributed by atoms with van der Waals surface area (Å²) in [6.45, 7) is 5.13. The van der Waals surface area contributed by atoms with Gasteiger partial charge < -0.3 is 15.3 Å². The lowest BCUT2D eigenvalue weighted by Crippen LogP contribution is -2.50. The molecule has 1 heterocycles. The largest absolute Gasteiger partial charge is 0.394 e. The molecule has 3 heteroatoms. The molecule has 0 radical (unpaired) electrons. The van der Waals surface area contributed by atoms with Gasteiger partial charge in [-0.2, -0.15) is 0 Å². The number of aliphatic hydroxyl groups excluding tert-OH is 1. The fourth-order valence-electron chi connectivity index (χ4n) is 4.52. The van der Waals surface area contributed by atoms with Crippen LogP contribution in [0.5, 0.6) is 0 Å². The zero-order valence-corrected chi connectivity index (χ0v) is 13.5. The van der Waals surface area contributed by atoms with Crippen molar-refractivity contribution in [1.82, 2.24) is 10.2 Å². The standard InChI is InChI=1S/C17H34N2O/c1-3-7-16-9-4-5-12-19(16)13-10-15-8-6-11-17(15,14-20)18-2/h15-16,18,20H,3-14H2,1-2H3. The van der Waals surface area contributed by atoms with Crippen LogP contribution in [0.15, 0.2) is 0 Å². The molecule has 2 N–H and O–H groups in total. The summed E-state index contributed by atoms with van der Waals surface area (Å²) in [6, 6.07) is 0.827. The highest BCUT2D eigenvalue weighted by Gasteiger charge is 2.41. The summed E-state index contributed by atoms with van der Waals surface area (Å²) in [5.41, 5.74) is 0.00996. The van der Waals surface area contributed by atoms with Gasteiger partial charge in [0.25, 0.3) is 0 Å². The molecule has 0 spiro atoms. The van der Waals surface area contributed by atoms with Crippen molar-refractivity contribution in [3.05, 3.63) is 0 Å². The fourth-order valence-corrected chi connectivity index (χ4v) is 4.52. The Hall–Kier alpha value is -0.120. The number of likely N-dealkylation sites (tertiary alicyclic amines) is 1. The highest BCUT2D eigenvalue weighted by molar-refractivity contribution is 4.98. The van der Waals surface area contributed by atoms with E-state index in [9.17, 15) is 5.11 Å². The Kier molecular flexibility index (Phi) is 6.31. The minimum atomic E-state index is 0.00996. The minimum absolute atomic E-state index is 0.00996. The van der Waals surface area contributed by atoms with Gasteiger partial charge in [0.2, 0.25) is 0 Å². The van der Waals surface area contributed by atoms with Crippen molar-refractivity contribution >= 4 is 0 Å². The zero-order chi connectivity index (χ0) is 14.4. The van der Waals surface area contributed by atoms with E-state index in [2.05, 4.69) is 17.1 Å². The van der Waals surface area contributed by atoms with E-state index in [1.807, 2.05) is 7.05 Å². The van der Waals surface area contributed by atoms with Gasteiger partial charge in [0.05, 0.1) is 6.61 Å². The SMILES string of the molecule is CCCC1CCCCN1CCC1CCCC1(CO)NC. The first kappa shape index (κ1) is 16.3. The van der Waals surface area contributed by atoms with Gasteiger partial charge in [-0.1, -0.05) is 26.2 Å². The van der Waals surface area contributed by atoms with Gasteiger partial charge in [0.15, 0.2) is 0 Å². The molecule has 3 nitrogen and oxygen atoms in total. The topological polar surface area (TPSA) is 35.5 Å². The van der Waals surface area contributed by atoms with Crippen LogP contribution in [-0.4, -0.2) is 48.3 Å². The first-order valence-corrected chi connectivity index (χ1v) is 8.79. The van der Waals surface area contributed by atoms with Crippen molar-refractivity contribution < 1.29 is 5.11 Å². The van der Waals surface area contributed by atoms with Crippen LogP contribution < -0.4 is 5.32 Å². The maximum absolute atomic E-state index is 9.78. The summed E-state index contributed by atoms with van der Waals surface area (Å²) in [4.78, 5) is 2.74. The van der Waals surface area contributed by atoms with Crippen LogP contribution in [0, 0.1) is 5.92 Å². The van der Waals surface area contributed by atoms with Crippen molar-refractivity contribution in [2.45, 2.75) is 76.3 Å². The molecule has 3 atom stereocenters. The smallest absolute Gasteiger partial charge is 0.0615 e. The highest BCUT2D eigenvalue weighted by atomic mass is 16.3. The van der Waals surface area contributed by atoms with E-state index in [1.165, 1.54) is 64.5 Å². The quantitative estimate of drug-likeness (QED) is 0.754. The summed E-state index contributed by atoms with van der Waals surface area (Å²) in [7, 11) is 2.02. The predicted molar refractivity (Wildman–Crippen MR) is 85.0 cm³/mol. The number of aliphatic hydroxyl groups is 1. The minimum Gasteiger partial charge on any atom is -0.394 e. The average Bonchev–Trinajstić information content (AvgIpc) is 2.90. The third-order valence-corrected chi connectivity index (χ3v) is 5.87. The average molecular weight is 282 g/mol. The molecule has 3 unspecified atom stereocenters. The maximum Gasteiger partial charge on any atom is 0.0615 e. The third-order valence-electron chi connectivity index (χ3n) is 5.87. The third kappa shape index (κ3) is 3.55. The number of hydrogen-bond donors (Lipinski definition) is 2. The number of nitrogens with zero attached hydrogens (tertiary/aromatic N) is 1. The van der Waals surface area contributed by atoms with Crippen LogP contribution in [0.2, 0.25) is 0 Å². The molecule has 0 amide bonds. The van der Waals surface area contributed by atoms with E-state index in [4.69, 9.17) is 0 Å². The Morgan fingerprint density at radius 1 is 1.20 bits per heavy atom. The molecule has 118 valence electrons. The van der Waals surface area contributed by atoms with Crippen LogP contribution >= 0.6 is 0 Å². The van der Waals surface area contributed by atoms with E-state index in [1.54, 1.807) is 0 Å². The lowest BCUT2D eigenvalue weighted by Gasteiger charge is -2.39. The first-order valence-electron chi connectivity index (χ1n) is 8.79. The van der Waals surface area contributed by atoms with E-state index < -0.39 is 0 Å².